The predicted molar refractivity (Wildman–Crippen MR) is 117 cm³/mol. The van der Waals surface area contributed by atoms with Crippen LogP contribution >= 0.6 is 51.3 Å². The second kappa shape index (κ2) is 8.39. The van der Waals surface area contributed by atoms with Crippen LogP contribution in [0.25, 0.3) is 0 Å². The van der Waals surface area contributed by atoms with E-state index in [-0.39, 0.29) is 0 Å². The molecule has 2 N–H and O–H groups in total. The first-order valence-corrected chi connectivity index (χ1v) is 9.68. The summed E-state index contributed by atoms with van der Waals surface area (Å²) in [5, 5.41) is 12.5. The fraction of sp³-hybridized carbons (Fsp3) is 0.111. The van der Waals surface area contributed by atoms with Gasteiger partial charge in [0.15, 0.2) is 10.9 Å². The van der Waals surface area contributed by atoms with Crippen LogP contribution in [0.5, 0.6) is 0 Å². The third kappa shape index (κ3) is 4.76. The molecule has 0 radical (unpaired) electrons. The molecule has 0 aliphatic heterocycles. The lowest BCUT2D eigenvalue weighted by Crippen LogP contribution is -2.20. The first-order chi connectivity index (χ1) is 12.4. The van der Waals surface area contributed by atoms with E-state index in [0.29, 0.717) is 27.5 Å². The number of aromatic nitrogens is 2. The van der Waals surface area contributed by atoms with Gasteiger partial charge in [0.1, 0.15) is 0 Å². The minimum absolute atomic E-state index is 0.430. The van der Waals surface area contributed by atoms with Gasteiger partial charge in [-0.2, -0.15) is 5.10 Å². The van der Waals surface area contributed by atoms with Crippen LogP contribution in [-0.4, -0.2) is 14.9 Å². The van der Waals surface area contributed by atoms with E-state index >= 15 is 0 Å². The Labute approximate surface area is 175 Å². The van der Waals surface area contributed by atoms with E-state index in [1.54, 1.807) is 4.68 Å². The lowest BCUT2D eigenvalue weighted by molar-refractivity contribution is 0.690. The number of hydrogen-bond acceptors (Lipinski definition) is 2. The van der Waals surface area contributed by atoms with Crippen molar-refractivity contribution < 1.29 is 0 Å². The standard InChI is InChI=1S/C18H15BrCl2N4S/c1-11-6-7-13(20)8-16(11)22-18(26)23-17-14(19)10-25(24-17)9-12-4-2-3-5-15(12)21/h2-8,10H,9H2,1H3,(H2,22,23,24,26). The topological polar surface area (TPSA) is 41.9 Å². The fourth-order valence-corrected chi connectivity index (χ4v) is 3.34. The largest absolute Gasteiger partial charge is 0.332 e. The van der Waals surface area contributed by atoms with E-state index in [2.05, 4.69) is 31.7 Å². The summed E-state index contributed by atoms with van der Waals surface area (Å²) >= 11 is 21.1. The number of hydrogen-bond donors (Lipinski definition) is 2. The normalized spacial score (nSPS) is 10.6. The molecule has 4 nitrogen and oxygen atoms in total. The Hall–Kier alpha value is -1.60. The lowest BCUT2D eigenvalue weighted by atomic mass is 10.2. The van der Waals surface area contributed by atoms with E-state index in [1.165, 1.54) is 0 Å². The van der Waals surface area contributed by atoms with Crippen LogP contribution < -0.4 is 10.6 Å². The maximum absolute atomic E-state index is 6.21. The quantitative estimate of drug-likeness (QED) is 0.451. The van der Waals surface area contributed by atoms with Gasteiger partial charge in [-0.05, 0) is 64.4 Å². The van der Waals surface area contributed by atoms with Gasteiger partial charge in [-0.1, -0.05) is 47.5 Å². The average molecular weight is 470 g/mol. The molecule has 26 heavy (non-hydrogen) atoms. The SMILES string of the molecule is Cc1ccc(Cl)cc1NC(=S)Nc1nn(Cc2ccccc2Cl)cc1Br. The summed E-state index contributed by atoms with van der Waals surface area (Å²) in [5.74, 6) is 0.620. The van der Waals surface area contributed by atoms with Gasteiger partial charge in [-0.15, -0.1) is 0 Å². The van der Waals surface area contributed by atoms with E-state index in [1.807, 2.05) is 55.6 Å². The van der Waals surface area contributed by atoms with Crippen LogP contribution in [0.2, 0.25) is 10.0 Å². The molecule has 0 spiro atoms. The van der Waals surface area contributed by atoms with Crippen LogP contribution in [0.3, 0.4) is 0 Å². The third-order valence-corrected chi connectivity index (χ3v) is 5.08. The molecule has 8 heteroatoms. The van der Waals surface area contributed by atoms with Crippen molar-refractivity contribution in [1.82, 2.24) is 9.78 Å². The van der Waals surface area contributed by atoms with Crippen LogP contribution in [0.15, 0.2) is 53.1 Å². The Kier molecular flexibility index (Phi) is 6.19. The maximum Gasteiger partial charge on any atom is 0.176 e. The molecule has 0 amide bonds. The second-order valence-corrected chi connectivity index (χ2v) is 7.76. The minimum atomic E-state index is 0.430. The molecule has 3 rings (SSSR count). The molecule has 0 aliphatic rings. The fourth-order valence-electron chi connectivity index (χ4n) is 2.35. The monoisotopic (exact) mass is 468 g/mol. The molecule has 0 unspecified atom stereocenters. The summed E-state index contributed by atoms with van der Waals surface area (Å²) in [6.07, 6.45) is 1.87. The summed E-state index contributed by atoms with van der Waals surface area (Å²) in [5.41, 5.74) is 2.88. The Bertz CT molecular complexity index is 958. The van der Waals surface area contributed by atoms with E-state index in [0.717, 1.165) is 21.3 Å². The van der Waals surface area contributed by atoms with Gasteiger partial charge in [-0.25, -0.2) is 0 Å². The third-order valence-electron chi connectivity index (χ3n) is 3.69. The number of aryl methyl sites for hydroxylation is 1. The zero-order chi connectivity index (χ0) is 18.7. The van der Waals surface area contributed by atoms with Crippen molar-refractivity contribution in [2.75, 3.05) is 10.6 Å². The Morgan fingerprint density at radius 1 is 1.19 bits per heavy atom. The van der Waals surface area contributed by atoms with Crippen LogP contribution in [0.4, 0.5) is 11.5 Å². The molecule has 3 aromatic rings. The van der Waals surface area contributed by atoms with Crippen molar-refractivity contribution in [2.45, 2.75) is 13.5 Å². The summed E-state index contributed by atoms with van der Waals surface area (Å²) in [6, 6.07) is 13.3. The van der Waals surface area contributed by atoms with Crippen molar-refractivity contribution in [2.24, 2.45) is 0 Å². The molecule has 0 atom stereocenters. The van der Waals surface area contributed by atoms with Crippen molar-refractivity contribution >= 4 is 68.0 Å². The van der Waals surface area contributed by atoms with Crippen LogP contribution in [-0.2, 0) is 6.54 Å². The number of benzene rings is 2. The zero-order valence-corrected chi connectivity index (χ0v) is 17.7. The van der Waals surface area contributed by atoms with Gasteiger partial charge in [0.05, 0.1) is 11.0 Å². The van der Waals surface area contributed by atoms with Crippen molar-refractivity contribution in [1.29, 1.82) is 0 Å². The van der Waals surface area contributed by atoms with Gasteiger partial charge in [0.2, 0.25) is 0 Å². The van der Waals surface area contributed by atoms with Gasteiger partial charge in [-0.3, -0.25) is 4.68 Å². The molecule has 1 aromatic heterocycles. The molecule has 134 valence electrons. The van der Waals surface area contributed by atoms with E-state index in [4.69, 9.17) is 35.4 Å². The first-order valence-electron chi connectivity index (χ1n) is 7.73. The number of rotatable bonds is 4. The Morgan fingerprint density at radius 2 is 1.96 bits per heavy atom. The molecule has 0 aliphatic carbocycles. The number of thiocarbonyl (C=S) groups is 1. The lowest BCUT2D eigenvalue weighted by Gasteiger charge is -2.11. The van der Waals surface area contributed by atoms with Gasteiger partial charge in [0, 0.05) is 21.9 Å². The van der Waals surface area contributed by atoms with Crippen LogP contribution in [0, 0.1) is 6.92 Å². The highest BCUT2D eigenvalue weighted by Gasteiger charge is 2.10. The van der Waals surface area contributed by atoms with Gasteiger partial charge < -0.3 is 10.6 Å². The maximum atomic E-state index is 6.21. The van der Waals surface area contributed by atoms with Crippen molar-refractivity contribution in [3.63, 3.8) is 0 Å². The molecule has 0 bridgehead atoms. The highest BCUT2D eigenvalue weighted by Crippen LogP contribution is 2.24. The number of nitrogens with one attached hydrogen (secondary N) is 2. The van der Waals surface area contributed by atoms with Crippen LogP contribution in [0.1, 0.15) is 11.1 Å². The van der Waals surface area contributed by atoms with E-state index in [9.17, 15) is 0 Å². The molecular weight excluding hydrogens is 455 g/mol. The molecule has 0 saturated heterocycles. The summed E-state index contributed by atoms with van der Waals surface area (Å²) in [7, 11) is 0. The van der Waals surface area contributed by atoms with Crippen molar-refractivity contribution in [3.05, 3.63) is 74.3 Å². The zero-order valence-electron chi connectivity index (χ0n) is 13.8. The number of halogens is 3. The molecule has 0 fully saturated rings. The molecule has 0 saturated carbocycles. The number of anilines is 2. The predicted octanol–water partition coefficient (Wildman–Crippen LogP) is 6.12. The van der Waals surface area contributed by atoms with E-state index < -0.39 is 0 Å². The van der Waals surface area contributed by atoms with Crippen molar-refractivity contribution in [3.8, 4) is 0 Å². The Balaban J connectivity index is 1.70. The summed E-state index contributed by atoms with van der Waals surface area (Å²) in [6.45, 7) is 2.54. The minimum Gasteiger partial charge on any atom is -0.332 e. The van der Waals surface area contributed by atoms with Gasteiger partial charge >= 0.3 is 0 Å². The molecule has 1 heterocycles. The summed E-state index contributed by atoms with van der Waals surface area (Å²) < 4.78 is 2.59. The first kappa shape index (κ1) is 19.2. The Morgan fingerprint density at radius 3 is 2.73 bits per heavy atom. The average Bonchev–Trinajstić information content (AvgIpc) is 2.92. The molecular formula is C18H15BrCl2N4S. The molecule has 2 aromatic carbocycles. The number of nitrogens with zero attached hydrogens (tertiary/aromatic N) is 2. The highest BCUT2D eigenvalue weighted by molar-refractivity contribution is 9.10. The second-order valence-electron chi connectivity index (χ2n) is 5.65. The van der Waals surface area contributed by atoms with Gasteiger partial charge in [0.25, 0.3) is 0 Å². The summed E-state index contributed by atoms with van der Waals surface area (Å²) in [4.78, 5) is 0. The smallest absolute Gasteiger partial charge is 0.176 e. The highest BCUT2D eigenvalue weighted by atomic mass is 79.9.